The van der Waals surface area contributed by atoms with Gasteiger partial charge in [0.15, 0.2) is 17.5 Å². The van der Waals surface area contributed by atoms with Gasteiger partial charge in [0.2, 0.25) is 0 Å². The van der Waals surface area contributed by atoms with Gasteiger partial charge >= 0.3 is 0 Å². The first-order chi connectivity index (χ1) is 9.45. The third kappa shape index (κ3) is 2.74. The van der Waals surface area contributed by atoms with Crippen molar-refractivity contribution >= 4 is 15.9 Å². The second-order valence-corrected chi connectivity index (χ2v) is 5.35. The second-order valence-electron chi connectivity index (χ2n) is 4.49. The molecule has 0 radical (unpaired) electrons. The fourth-order valence-electron chi connectivity index (χ4n) is 2.11. The fourth-order valence-corrected chi connectivity index (χ4v) is 2.36. The molecule has 2 rings (SSSR count). The molecule has 0 bridgehead atoms. The summed E-state index contributed by atoms with van der Waals surface area (Å²) in [7, 11) is 1.64. The molecule has 0 saturated carbocycles. The van der Waals surface area contributed by atoms with Crippen LogP contribution >= 0.6 is 15.9 Å². The Kier molecular flexibility index (Phi) is 4.50. The lowest BCUT2D eigenvalue weighted by Crippen LogP contribution is -2.20. The Morgan fingerprint density at radius 3 is 2.35 bits per heavy atom. The lowest BCUT2D eigenvalue weighted by atomic mass is 9.97. The number of benzene rings is 2. The van der Waals surface area contributed by atoms with E-state index in [9.17, 15) is 13.2 Å². The molecule has 0 heterocycles. The van der Waals surface area contributed by atoms with E-state index in [1.54, 1.807) is 13.1 Å². The summed E-state index contributed by atoms with van der Waals surface area (Å²) in [6.07, 6.45) is 0. The van der Waals surface area contributed by atoms with Crippen LogP contribution in [0, 0.1) is 24.4 Å². The Labute approximate surface area is 123 Å². The maximum atomic E-state index is 13.9. The Hall–Kier alpha value is -1.33. The van der Waals surface area contributed by atoms with Crippen LogP contribution in [0.1, 0.15) is 22.7 Å². The van der Waals surface area contributed by atoms with Gasteiger partial charge in [-0.15, -0.1) is 0 Å². The molecule has 0 aliphatic heterocycles. The molecule has 0 saturated heterocycles. The predicted molar refractivity (Wildman–Crippen MR) is 76.1 cm³/mol. The molecule has 2 aromatic carbocycles. The van der Waals surface area contributed by atoms with Crippen molar-refractivity contribution in [2.24, 2.45) is 0 Å². The number of aryl methyl sites for hydroxylation is 1. The SMILES string of the molecule is CNC(c1ccc(Br)c(C)c1)c1ccc(F)c(F)c1F. The molecule has 106 valence electrons. The van der Waals surface area contributed by atoms with Crippen LogP contribution in [-0.2, 0) is 0 Å². The molecule has 20 heavy (non-hydrogen) atoms. The van der Waals surface area contributed by atoms with E-state index in [-0.39, 0.29) is 5.56 Å². The molecule has 0 aliphatic rings. The normalized spacial score (nSPS) is 12.5. The van der Waals surface area contributed by atoms with Gasteiger partial charge in [0.25, 0.3) is 0 Å². The molecule has 0 spiro atoms. The zero-order chi connectivity index (χ0) is 14.9. The van der Waals surface area contributed by atoms with Gasteiger partial charge in [-0.2, -0.15) is 0 Å². The van der Waals surface area contributed by atoms with E-state index in [2.05, 4.69) is 21.2 Å². The van der Waals surface area contributed by atoms with Crippen molar-refractivity contribution in [2.75, 3.05) is 7.05 Å². The molecule has 1 N–H and O–H groups in total. The molecule has 5 heteroatoms. The van der Waals surface area contributed by atoms with Gasteiger partial charge in [-0.3, -0.25) is 0 Å². The minimum absolute atomic E-state index is 0.0770. The van der Waals surface area contributed by atoms with Crippen molar-refractivity contribution in [3.05, 3.63) is 68.9 Å². The summed E-state index contributed by atoms with van der Waals surface area (Å²) in [6, 6.07) is 7.16. The van der Waals surface area contributed by atoms with Gasteiger partial charge in [0.1, 0.15) is 0 Å². The van der Waals surface area contributed by atoms with Crippen molar-refractivity contribution in [3.63, 3.8) is 0 Å². The van der Waals surface area contributed by atoms with Crippen LogP contribution in [0.3, 0.4) is 0 Å². The fraction of sp³-hybridized carbons (Fsp3) is 0.200. The summed E-state index contributed by atoms with van der Waals surface area (Å²) in [5.41, 5.74) is 1.83. The average molecular weight is 344 g/mol. The van der Waals surface area contributed by atoms with Crippen molar-refractivity contribution < 1.29 is 13.2 Å². The molecular weight excluding hydrogens is 331 g/mol. The van der Waals surface area contributed by atoms with Gasteiger partial charge in [-0.05, 0) is 37.2 Å². The Bertz CT molecular complexity index is 643. The smallest absolute Gasteiger partial charge is 0.194 e. The van der Waals surface area contributed by atoms with E-state index in [1.165, 1.54) is 6.07 Å². The van der Waals surface area contributed by atoms with E-state index in [0.717, 1.165) is 21.7 Å². The topological polar surface area (TPSA) is 12.0 Å². The Morgan fingerprint density at radius 1 is 1.05 bits per heavy atom. The van der Waals surface area contributed by atoms with Crippen LogP contribution in [0.4, 0.5) is 13.2 Å². The number of halogens is 4. The highest BCUT2D eigenvalue weighted by atomic mass is 79.9. The van der Waals surface area contributed by atoms with Crippen LogP contribution in [0.25, 0.3) is 0 Å². The van der Waals surface area contributed by atoms with Gasteiger partial charge in [0, 0.05) is 10.0 Å². The maximum Gasteiger partial charge on any atom is 0.194 e. The summed E-state index contributed by atoms with van der Waals surface area (Å²) in [5, 5.41) is 2.92. The van der Waals surface area contributed by atoms with Crippen LogP contribution in [-0.4, -0.2) is 7.05 Å². The van der Waals surface area contributed by atoms with Crippen molar-refractivity contribution in [1.82, 2.24) is 5.32 Å². The van der Waals surface area contributed by atoms with Gasteiger partial charge in [0.05, 0.1) is 6.04 Å². The lowest BCUT2D eigenvalue weighted by molar-refractivity contribution is 0.435. The molecule has 0 fully saturated rings. The summed E-state index contributed by atoms with van der Waals surface area (Å²) < 4.78 is 41.2. The van der Waals surface area contributed by atoms with Gasteiger partial charge < -0.3 is 5.32 Å². The Balaban J connectivity index is 2.52. The van der Waals surface area contributed by atoms with E-state index >= 15 is 0 Å². The quantitative estimate of drug-likeness (QED) is 0.810. The molecule has 1 atom stereocenters. The first-order valence-corrected chi connectivity index (χ1v) is 6.81. The standard InChI is InChI=1S/C15H13BrF3N/c1-8-7-9(3-5-11(8)16)15(20-2)10-4-6-12(17)14(19)13(10)18/h3-7,15,20H,1-2H3. The summed E-state index contributed by atoms with van der Waals surface area (Å²) >= 11 is 3.39. The number of hydrogen-bond acceptors (Lipinski definition) is 1. The third-order valence-corrected chi connectivity index (χ3v) is 4.07. The summed E-state index contributed by atoms with van der Waals surface area (Å²) in [6.45, 7) is 1.90. The van der Waals surface area contributed by atoms with E-state index in [4.69, 9.17) is 0 Å². The molecule has 2 aromatic rings. The minimum atomic E-state index is -1.45. The third-order valence-electron chi connectivity index (χ3n) is 3.18. The zero-order valence-electron chi connectivity index (χ0n) is 11.0. The van der Waals surface area contributed by atoms with Crippen molar-refractivity contribution in [1.29, 1.82) is 0 Å². The van der Waals surface area contributed by atoms with Crippen LogP contribution in [0.15, 0.2) is 34.8 Å². The number of rotatable bonds is 3. The predicted octanol–water partition coefficient (Wildman–Crippen LogP) is 4.48. The first kappa shape index (κ1) is 15.1. The molecule has 0 aliphatic carbocycles. The number of nitrogens with one attached hydrogen (secondary N) is 1. The number of hydrogen-bond donors (Lipinski definition) is 1. The van der Waals surface area contributed by atoms with Gasteiger partial charge in [-0.1, -0.05) is 34.1 Å². The van der Waals surface area contributed by atoms with Crippen LogP contribution in [0.2, 0.25) is 0 Å². The monoisotopic (exact) mass is 343 g/mol. The lowest BCUT2D eigenvalue weighted by Gasteiger charge is -2.19. The average Bonchev–Trinajstić information content (AvgIpc) is 2.43. The highest BCUT2D eigenvalue weighted by Crippen LogP contribution is 2.29. The second kappa shape index (κ2) is 5.97. The highest BCUT2D eigenvalue weighted by molar-refractivity contribution is 9.10. The van der Waals surface area contributed by atoms with E-state index in [1.807, 2.05) is 19.1 Å². The van der Waals surface area contributed by atoms with Crippen molar-refractivity contribution in [2.45, 2.75) is 13.0 Å². The summed E-state index contributed by atoms with van der Waals surface area (Å²) in [5.74, 6) is -3.80. The van der Waals surface area contributed by atoms with Crippen LogP contribution in [0.5, 0.6) is 0 Å². The molecule has 1 nitrogen and oxygen atoms in total. The molecular formula is C15H13BrF3N. The minimum Gasteiger partial charge on any atom is -0.309 e. The largest absolute Gasteiger partial charge is 0.309 e. The Morgan fingerprint density at radius 2 is 1.75 bits per heavy atom. The summed E-state index contributed by atoms with van der Waals surface area (Å²) in [4.78, 5) is 0. The molecule has 0 aromatic heterocycles. The maximum absolute atomic E-state index is 13.9. The van der Waals surface area contributed by atoms with Gasteiger partial charge in [-0.25, -0.2) is 13.2 Å². The van der Waals surface area contributed by atoms with E-state index < -0.39 is 23.5 Å². The van der Waals surface area contributed by atoms with E-state index in [0.29, 0.717) is 0 Å². The van der Waals surface area contributed by atoms with Crippen molar-refractivity contribution in [3.8, 4) is 0 Å². The van der Waals surface area contributed by atoms with Crippen LogP contribution < -0.4 is 5.32 Å². The first-order valence-electron chi connectivity index (χ1n) is 6.02. The molecule has 1 unspecified atom stereocenters. The molecule has 0 amide bonds. The zero-order valence-corrected chi connectivity index (χ0v) is 12.6. The highest BCUT2D eigenvalue weighted by Gasteiger charge is 2.21.